The molecule has 0 bridgehead atoms. The van der Waals surface area contributed by atoms with Gasteiger partial charge in [-0.2, -0.15) is 0 Å². The van der Waals surface area contributed by atoms with Gasteiger partial charge in [-0.25, -0.2) is 4.39 Å². The fourth-order valence-corrected chi connectivity index (χ4v) is 1.68. The van der Waals surface area contributed by atoms with E-state index in [-0.39, 0.29) is 11.6 Å². The normalized spacial score (nSPS) is 10.7. The molecule has 1 nitrogen and oxygen atoms in total. The third-order valence-electron chi connectivity index (χ3n) is 2.37. The average molecular weight is 190 g/mol. The molecule has 0 fully saturated rings. The van der Waals surface area contributed by atoms with Gasteiger partial charge in [-0.15, -0.1) is 0 Å². The third-order valence-corrected chi connectivity index (χ3v) is 2.37. The summed E-state index contributed by atoms with van der Waals surface area (Å²) in [5, 5.41) is 11.2. The number of fused-ring (bicyclic) bond motifs is 1. The zero-order valence-electron chi connectivity index (χ0n) is 7.92. The maximum absolute atomic E-state index is 13.0. The highest BCUT2D eigenvalue weighted by Crippen LogP contribution is 2.25. The number of hydrogen-bond donors (Lipinski definition) is 1. The lowest BCUT2D eigenvalue weighted by molar-refractivity contribution is 0.475. The van der Waals surface area contributed by atoms with Crippen LogP contribution in [0.2, 0.25) is 0 Å². The molecule has 2 aromatic rings. The van der Waals surface area contributed by atoms with Crippen molar-refractivity contribution in [2.45, 2.75) is 13.3 Å². The Labute approximate surface area is 81.8 Å². The van der Waals surface area contributed by atoms with Crippen LogP contribution in [-0.4, -0.2) is 5.11 Å². The van der Waals surface area contributed by atoms with Crippen LogP contribution in [0.3, 0.4) is 0 Å². The minimum atomic E-state index is -0.238. The van der Waals surface area contributed by atoms with Crippen molar-refractivity contribution in [3.8, 4) is 5.75 Å². The first kappa shape index (κ1) is 9.00. The molecule has 1 N–H and O–H groups in total. The maximum Gasteiger partial charge on any atom is 0.123 e. The van der Waals surface area contributed by atoms with Gasteiger partial charge in [0.15, 0.2) is 0 Å². The molecule has 0 spiro atoms. The topological polar surface area (TPSA) is 20.2 Å². The number of aromatic hydroxyl groups is 1. The van der Waals surface area contributed by atoms with E-state index < -0.39 is 0 Å². The fraction of sp³-hybridized carbons (Fsp3) is 0.167. The van der Waals surface area contributed by atoms with Crippen molar-refractivity contribution >= 4 is 10.8 Å². The second kappa shape index (κ2) is 3.29. The van der Waals surface area contributed by atoms with Crippen LogP contribution in [0.15, 0.2) is 30.3 Å². The predicted octanol–water partition coefficient (Wildman–Crippen LogP) is 3.25. The summed E-state index contributed by atoms with van der Waals surface area (Å²) in [5.74, 6) is -0.00107. The van der Waals surface area contributed by atoms with E-state index in [1.807, 2.05) is 6.92 Å². The summed E-state index contributed by atoms with van der Waals surface area (Å²) in [7, 11) is 0. The molecule has 2 heteroatoms. The summed E-state index contributed by atoms with van der Waals surface area (Å²) < 4.78 is 13.0. The predicted molar refractivity (Wildman–Crippen MR) is 54.9 cm³/mol. The lowest BCUT2D eigenvalue weighted by Gasteiger charge is -2.05. The van der Waals surface area contributed by atoms with Crippen LogP contribution >= 0.6 is 0 Å². The van der Waals surface area contributed by atoms with Crippen LogP contribution in [0.4, 0.5) is 4.39 Å². The zero-order chi connectivity index (χ0) is 10.1. The van der Waals surface area contributed by atoms with E-state index in [0.717, 1.165) is 22.8 Å². The SMILES string of the molecule is CCc1cc(O)cc2ccc(F)cc12. The van der Waals surface area contributed by atoms with Crippen molar-refractivity contribution in [2.75, 3.05) is 0 Å². The summed E-state index contributed by atoms with van der Waals surface area (Å²) in [6.45, 7) is 1.99. The maximum atomic E-state index is 13.0. The second-order valence-corrected chi connectivity index (χ2v) is 3.32. The van der Waals surface area contributed by atoms with Gasteiger partial charge in [0.2, 0.25) is 0 Å². The van der Waals surface area contributed by atoms with E-state index >= 15 is 0 Å². The Hall–Kier alpha value is -1.57. The number of benzene rings is 2. The molecular weight excluding hydrogens is 179 g/mol. The van der Waals surface area contributed by atoms with E-state index in [9.17, 15) is 9.50 Å². The number of hydrogen-bond acceptors (Lipinski definition) is 1. The highest BCUT2D eigenvalue weighted by atomic mass is 19.1. The van der Waals surface area contributed by atoms with Crippen LogP contribution < -0.4 is 0 Å². The largest absolute Gasteiger partial charge is 0.508 e. The molecule has 0 aliphatic carbocycles. The van der Waals surface area contributed by atoms with Gasteiger partial charge in [-0.3, -0.25) is 0 Å². The van der Waals surface area contributed by atoms with Crippen LogP contribution in [0.1, 0.15) is 12.5 Å². The molecule has 2 aromatic carbocycles. The van der Waals surface area contributed by atoms with Gasteiger partial charge < -0.3 is 5.11 Å². The first-order valence-corrected chi connectivity index (χ1v) is 4.62. The van der Waals surface area contributed by atoms with Gasteiger partial charge >= 0.3 is 0 Å². The summed E-state index contributed by atoms with van der Waals surface area (Å²) >= 11 is 0. The van der Waals surface area contributed by atoms with E-state index in [1.54, 1.807) is 18.2 Å². The highest BCUT2D eigenvalue weighted by Gasteiger charge is 2.03. The van der Waals surface area contributed by atoms with Gasteiger partial charge in [0.25, 0.3) is 0 Å². The first-order chi connectivity index (χ1) is 6.70. The smallest absolute Gasteiger partial charge is 0.123 e. The summed E-state index contributed by atoms with van der Waals surface area (Å²) in [6, 6.07) is 7.92. The molecule has 0 amide bonds. The molecule has 2 rings (SSSR count). The van der Waals surface area contributed by atoms with E-state index in [1.165, 1.54) is 12.1 Å². The number of phenols is 1. The molecule has 0 heterocycles. The number of halogens is 1. The van der Waals surface area contributed by atoms with Crippen molar-refractivity contribution in [3.63, 3.8) is 0 Å². The standard InChI is InChI=1S/C12H11FO/c1-2-8-5-11(14)6-9-3-4-10(13)7-12(8)9/h3-7,14H,2H2,1H3. The molecular formula is C12H11FO. The molecule has 0 aliphatic heterocycles. The molecule has 0 unspecified atom stereocenters. The lowest BCUT2D eigenvalue weighted by atomic mass is 10.0. The van der Waals surface area contributed by atoms with Gasteiger partial charge in [-0.05, 0) is 47.0 Å². The number of phenolic OH excluding ortho intramolecular Hbond substituents is 1. The highest BCUT2D eigenvalue weighted by molar-refractivity contribution is 5.87. The monoisotopic (exact) mass is 190 g/mol. The van der Waals surface area contributed by atoms with Crippen molar-refractivity contribution < 1.29 is 9.50 Å². The third kappa shape index (κ3) is 1.43. The van der Waals surface area contributed by atoms with Crippen molar-refractivity contribution in [2.24, 2.45) is 0 Å². The van der Waals surface area contributed by atoms with Crippen LogP contribution in [0.5, 0.6) is 5.75 Å². The molecule has 0 atom stereocenters. The van der Waals surface area contributed by atoms with Gasteiger partial charge in [-0.1, -0.05) is 13.0 Å². The van der Waals surface area contributed by atoms with E-state index in [0.29, 0.717) is 0 Å². The molecule has 14 heavy (non-hydrogen) atoms. The Bertz CT molecular complexity index is 477. The van der Waals surface area contributed by atoms with Crippen molar-refractivity contribution in [1.82, 2.24) is 0 Å². The Morgan fingerprint density at radius 3 is 2.71 bits per heavy atom. The Balaban J connectivity index is 2.81. The Morgan fingerprint density at radius 2 is 2.00 bits per heavy atom. The zero-order valence-corrected chi connectivity index (χ0v) is 7.92. The van der Waals surface area contributed by atoms with Gasteiger partial charge in [0.05, 0.1) is 0 Å². The van der Waals surface area contributed by atoms with Gasteiger partial charge in [0.1, 0.15) is 11.6 Å². The molecule has 0 saturated heterocycles. The minimum Gasteiger partial charge on any atom is -0.508 e. The van der Waals surface area contributed by atoms with Crippen LogP contribution in [0.25, 0.3) is 10.8 Å². The summed E-state index contributed by atoms with van der Waals surface area (Å²) in [4.78, 5) is 0. The Morgan fingerprint density at radius 1 is 1.21 bits per heavy atom. The van der Waals surface area contributed by atoms with Gasteiger partial charge in [0, 0.05) is 0 Å². The quantitative estimate of drug-likeness (QED) is 0.731. The van der Waals surface area contributed by atoms with E-state index in [4.69, 9.17) is 0 Å². The van der Waals surface area contributed by atoms with Crippen LogP contribution in [-0.2, 0) is 6.42 Å². The van der Waals surface area contributed by atoms with Crippen molar-refractivity contribution in [3.05, 3.63) is 41.7 Å². The second-order valence-electron chi connectivity index (χ2n) is 3.32. The minimum absolute atomic E-state index is 0.237. The molecule has 0 radical (unpaired) electrons. The number of aryl methyl sites for hydroxylation is 1. The first-order valence-electron chi connectivity index (χ1n) is 4.62. The molecule has 0 aliphatic rings. The van der Waals surface area contributed by atoms with Crippen LogP contribution in [0, 0.1) is 5.82 Å². The number of rotatable bonds is 1. The Kier molecular flexibility index (Phi) is 2.12. The average Bonchev–Trinajstić information content (AvgIpc) is 2.17. The fourth-order valence-electron chi connectivity index (χ4n) is 1.68. The van der Waals surface area contributed by atoms with E-state index in [2.05, 4.69) is 0 Å². The molecule has 72 valence electrons. The lowest BCUT2D eigenvalue weighted by Crippen LogP contribution is -1.85. The molecule has 0 aromatic heterocycles. The summed E-state index contributed by atoms with van der Waals surface area (Å²) in [5.41, 5.74) is 0.972. The summed E-state index contributed by atoms with van der Waals surface area (Å²) in [6.07, 6.45) is 0.786. The van der Waals surface area contributed by atoms with Crippen molar-refractivity contribution in [1.29, 1.82) is 0 Å². The molecule has 0 saturated carbocycles.